The second-order valence-corrected chi connectivity index (χ2v) is 4.25. The van der Waals surface area contributed by atoms with E-state index in [1.54, 1.807) is 25.6 Å². The van der Waals surface area contributed by atoms with Crippen molar-refractivity contribution in [2.24, 2.45) is 0 Å². The van der Waals surface area contributed by atoms with E-state index in [-0.39, 0.29) is 5.69 Å². The highest BCUT2D eigenvalue weighted by atomic mass is 16.5. The molecule has 1 aromatic carbocycles. The molecule has 2 aromatic rings. The number of esters is 1. The lowest BCUT2D eigenvalue weighted by Crippen LogP contribution is -2.08. The highest BCUT2D eigenvalue weighted by molar-refractivity contribution is 5.88. The summed E-state index contributed by atoms with van der Waals surface area (Å²) >= 11 is 0. The van der Waals surface area contributed by atoms with E-state index in [2.05, 4.69) is 10.3 Å². The summed E-state index contributed by atoms with van der Waals surface area (Å²) in [5.41, 5.74) is 2.01. The Balaban J connectivity index is 2.15. The lowest BCUT2D eigenvalue weighted by molar-refractivity contribution is 0.0518. The summed E-state index contributed by atoms with van der Waals surface area (Å²) in [4.78, 5) is 11.7. The van der Waals surface area contributed by atoms with Crippen molar-refractivity contribution in [3.8, 4) is 5.75 Å². The Kier molecular flexibility index (Phi) is 4.34. The van der Waals surface area contributed by atoms with Crippen molar-refractivity contribution in [2.45, 2.75) is 20.4 Å². The first-order chi connectivity index (χ1) is 9.65. The fraction of sp³-hybridized carbons (Fsp3) is 0.357. The summed E-state index contributed by atoms with van der Waals surface area (Å²) in [5.74, 6) is 0.363. The number of nitrogens with zero attached hydrogens (tertiary/aromatic N) is 3. The molecule has 6 nitrogen and oxygen atoms in total. The highest BCUT2D eigenvalue weighted by Crippen LogP contribution is 2.13. The van der Waals surface area contributed by atoms with E-state index < -0.39 is 5.97 Å². The predicted octanol–water partition coefficient (Wildman–Crippen LogP) is 1.82. The summed E-state index contributed by atoms with van der Waals surface area (Å²) < 4.78 is 11.7. The van der Waals surface area contributed by atoms with Crippen molar-refractivity contribution < 1.29 is 14.3 Å². The van der Waals surface area contributed by atoms with Crippen LogP contribution in [0.3, 0.4) is 0 Å². The van der Waals surface area contributed by atoms with Crippen LogP contribution in [0.25, 0.3) is 0 Å². The Bertz CT molecular complexity index is 590. The number of benzene rings is 1. The number of hydrogen-bond acceptors (Lipinski definition) is 5. The molecule has 0 atom stereocenters. The Morgan fingerprint density at radius 2 is 2.00 bits per heavy atom. The molecule has 1 heterocycles. The smallest absolute Gasteiger partial charge is 0.360 e. The molecule has 0 saturated heterocycles. The third-order valence-corrected chi connectivity index (χ3v) is 2.94. The molecule has 20 heavy (non-hydrogen) atoms. The molecule has 0 bridgehead atoms. The summed E-state index contributed by atoms with van der Waals surface area (Å²) in [6.45, 7) is 4.43. The van der Waals surface area contributed by atoms with E-state index in [4.69, 9.17) is 9.47 Å². The van der Waals surface area contributed by atoms with E-state index in [9.17, 15) is 4.79 Å². The first-order valence-corrected chi connectivity index (χ1v) is 6.35. The van der Waals surface area contributed by atoms with Gasteiger partial charge < -0.3 is 9.47 Å². The van der Waals surface area contributed by atoms with Gasteiger partial charge in [-0.3, -0.25) is 0 Å². The molecular formula is C14H17N3O3. The van der Waals surface area contributed by atoms with Crippen molar-refractivity contribution in [1.29, 1.82) is 0 Å². The minimum absolute atomic E-state index is 0.264. The number of carbonyl (C=O) groups is 1. The lowest BCUT2D eigenvalue weighted by atomic mass is 10.2. The lowest BCUT2D eigenvalue weighted by Gasteiger charge is -2.05. The number of carbonyl (C=O) groups excluding carboxylic acids is 1. The SMILES string of the molecule is CCOC(=O)c1nnn(Cc2ccc(OC)cc2)c1C. The molecule has 2 rings (SSSR count). The van der Waals surface area contributed by atoms with Crippen molar-refractivity contribution in [3.05, 3.63) is 41.2 Å². The summed E-state index contributed by atoms with van der Waals surface area (Å²) in [6.07, 6.45) is 0. The quantitative estimate of drug-likeness (QED) is 0.779. The Labute approximate surface area is 117 Å². The maximum atomic E-state index is 11.7. The van der Waals surface area contributed by atoms with Gasteiger partial charge in [0.05, 0.1) is 26.0 Å². The van der Waals surface area contributed by atoms with Crippen molar-refractivity contribution in [2.75, 3.05) is 13.7 Å². The summed E-state index contributed by atoms with van der Waals surface area (Å²) in [7, 11) is 1.63. The van der Waals surface area contributed by atoms with Gasteiger partial charge in [-0.1, -0.05) is 17.3 Å². The molecule has 0 fully saturated rings. The van der Waals surface area contributed by atoms with Crippen LogP contribution in [0, 0.1) is 6.92 Å². The second kappa shape index (κ2) is 6.18. The van der Waals surface area contributed by atoms with E-state index in [1.165, 1.54) is 0 Å². The van der Waals surface area contributed by atoms with E-state index in [0.29, 0.717) is 18.8 Å². The molecule has 0 amide bonds. The van der Waals surface area contributed by atoms with Gasteiger partial charge in [-0.25, -0.2) is 9.48 Å². The number of methoxy groups -OCH3 is 1. The molecule has 6 heteroatoms. The number of hydrogen-bond donors (Lipinski definition) is 0. The average molecular weight is 275 g/mol. The summed E-state index contributed by atoms with van der Waals surface area (Å²) in [6, 6.07) is 7.66. The molecule has 0 aliphatic heterocycles. The van der Waals surface area contributed by atoms with Gasteiger partial charge in [0.25, 0.3) is 0 Å². The number of aromatic nitrogens is 3. The molecule has 0 spiro atoms. The fourth-order valence-electron chi connectivity index (χ4n) is 1.80. The van der Waals surface area contributed by atoms with Gasteiger partial charge in [0, 0.05) is 0 Å². The third-order valence-electron chi connectivity index (χ3n) is 2.94. The van der Waals surface area contributed by atoms with Crippen LogP contribution in [0.15, 0.2) is 24.3 Å². The summed E-state index contributed by atoms with van der Waals surface area (Å²) in [5, 5.41) is 7.87. The first-order valence-electron chi connectivity index (χ1n) is 6.35. The third kappa shape index (κ3) is 2.96. The van der Waals surface area contributed by atoms with Crippen LogP contribution >= 0.6 is 0 Å². The zero-order valence-electron chi connectivity index (χ0n) is 11.8. The number of rotatable bonds is 5. The minimum atomic E-state index is -0.439. The van der Waals surface area contributed by atoms with Crippen LogP contribution < -0.4 is 4.74 Å². The Morgan fingerprint density at radius 1 is 1.30 bits per heavy atom. The minimum Gasteiger partial charge on any atom is -0.497 e. The van der Waals surface area contributed by atoms with Crippen molar-refractivity contribution in [3.63, 3.8) is 0 Å². The van der Waals surface area contributed by atoms with Gasteiger partial charge in [0.1, 0.15) is 5.75 Å². The van der Waals surface area contributed by atoms with Crippen LogP contribution in [0.5, 0.6) is 5.75 Å². The maximum Gasteiger partial charge on any atom is 0.360 e. The van der Waals surface area contributed by atoms with Gasteiger partial charge in [-0.15, -0.1) is 5.10 Å². The van der Waals surface area contributed by atoms with Gasteiger partial charge in [0.2, 0.25) is 0 Å². The van der Waals surface area contributed by atoms with Crippen molar-refractivity contribution in [1.82, 2.24) is 15.0 Å². The molecule has 0 N–H and O–H groups in total. The van der Waals surface area contributed by atoms with Gasteiger partial charge >= 0.3 is 5.97 Å². The van der Waals surface area contributed by atoms with E-state index in [1.807, 2.05) is 24.3 Å². The number of ether oxygens (including phenoxy) is 2. The Morgan fingerprint density at radius 3 is 2.60 bits per heavy atom. The standard InChI is InChI=1S/C14H17N3O3/c1-4-20-14(18)13-10(2)17(16-15-13)9-11-5-7-12(19-3)8-6-11/h5-8H,4,9H2,1-3H3. The van der Waals surface area contributed by atoms with Crippen LogP contribution in [-0.4, -0.2) is 34.7 Å². The van der Waals surface area contributed by atoms with Crippen LogP contribution in [-0.2, 0) is 11.3 Å². The maximum absolute atomic E-state index is 11.7. The van der Waals surface area contributed by atoms with E-state index in [0.717, 1.165) is 11.3 Å². The average Bonchev–Trinajstić information content (AvgIpc) is 2.81. The first kappa shape index (κ1) is 14.0. The van der Waals surface area contributed by atoms with Crippen LogP contribution in [0.1, 0.15) is 28.7 Å². The fourth-order valence-corrected chi connectivity index (χ4v) is 1.80. The highest BCUT2D eigenvalue weighted by Gasteiger charge is 2.17. The zero-order chi connectivity index (χ0) is 14.5. The molecule has 1 aromatic heterocycles. The molecule has 0 radical (unpaired) electrons. The van der Waals surface area contributed by atoms with Crippen LogP contribution in [0.4, 0.5) is 0 Å². The molecular weight excluding hydrogens is 258 g/mol. The largest absolute Gasteiger partial charge is 0.497 e. The molecule has 0 aliphatic carbocycles. The van der Waals surface area contributed by atoms with E-state index >= 15 is 0 Å². The van der Waals surface area contributed by atoms with Crippen LogP contribution in [0.2, 0.25) is 0 Å². The van der Waals surface area contributed by atoms with Gasteiger partial charge in [-0.2, -0.15) is 0 Å². The van der Waals surface area contributed by atoms with Gasteiger partial charge in [-0.05, 0) is 31.5 Å². The molecule has 0 unspecified atom stereocenters. The van der Waals surface area contributed by atoms with Gasteiger partial charge in [0.15, 0.2) is 5.69 Å². The molecule has 0 saturated carbocycles. The topological polar surface area (TPSA) is 66.2 Å². The molecule has 106 valence electrons. The monoisotopic (exact) mass is 275 g/mol. The normalized spacial score (nSPS) is 10.3. The second-order valence-electron chi connectivity index (χ2n) is 4.25. The Hall–Kier alpha value is -2.37. The van der Waals surface area contributed by atoms with Crippen molar-refractivity contribution >= 4 is 5.97 Å². The zero-order valence-corrected chi connectivity index (χ0v) is 11.8. The predicted molar refractivity (Wildman–Crippen MR) is 72.8 cm³/mol. The molecule has 0 aliphatic rings.